The van der Waals surface area contributed by atoms with E-state index in [9.17, 15) is 21.6 Å². The summed E-state index contributed by atoms with van der Waals surface area (Å²) in [6.45, 7) is 3.31. The second-order valence-corrected chi connectivity index (χ2v) is 13.3. The first-order valence-electron chi connectivity index (χ1n) is 13.1. The first-order valence-corrected chi connectivity index (χ1v) is 16.0. The predicted octanol–water partition coefficient (Wildman–Crippen LogP) is 6.09. The highest BCUT2D eigenvalue weighted by molar-refractivity contribution is 7.93. The number of carbonyl (C=O) groups is 1. The minimum Gasteiger partial charge on any atom is -0.325 e. The summed E-state index contributed by atoms with van der Waals surface area (Å²) in [5, 5.41) is 4.36. The third-order valence-corrected chi connectivity index (χ3v) is 10.0. The lowest BCUT2D eigenvalue weighted by Gasteiger charge is -2.25. The van der Waals surface area contributed by atoms with E-state index in [0.717, 1.165) is 26.2 Å². The van der Waals surface area contributed by atoms with Gasteiger partial charge in [0.15, 0.2) is 0 Å². The van der Waals surface area contributed by atoms with E-state index in [-0.39, 0.29) is 9.79 Å². The smallest absolute Gasteiger partial charge is 0.264 e. The third kappa shape index (κ3) is 6.14. The van der Waals surface area contributed by atoms with Crippen LogP contribution in [0.25, 0.3) is 10.8 Å². The molecule has 0 saturated carbocycles. The molecule has 214 valence electrons. The molecule has 2 N–H and O–H groups in total. The van der Waals surface area contributed by atoms with E-state index in [4.69, 9.17) is 0 Å². The fraction of sp³-hybridized carbons (Fsp3) is 0.0938. The number of anilines is 3. The van der Waals surface area contributed by atoms with Gasteiger partial charge in [-0.3, -0.25) is 13.8 Å². The monoisotopic (exact) mass is 599 g/mol. The zero-order valence-electron chi connectivity index (χ0n) is 23.0. The molecule has 0 unspecified atom stereocenters. The Labute approximate surface area is 245 Å². The van der Waals surface area contributed by atoms with Crippen molar-refractivity contribution in [2.45, 2.75) is 23.6 Å². The number of amides is 1. The Bertz CT molecular complexity index is 1970. The first kappa shape index (κ1) is 28.8. The maximum absolute atomic E-state index is 13.6. The molecule has 42 heavy (non-hydrogen) atoms. The molecule has 5 aromatic carbocycles. The normalized spacial score (nSPS) is 11.7. The number of rotatable bonds is 9. The van der Waals surface area contributed by atoms with Crippen molar-refractivity contribution in [2.75, 3.05) is 20.9 Å². The number of sulfonamides is 2. The van der Waals surface area contributed by atoms with E-state index >= 15 is 0 Å². The van der Waals surface area contributed by atoms with Crippen LogP contribution in [-0.4, -0.2) is 29.3 Å². The molecular formula is C32H29N3O5S2. The lowest BCUT2D eigenvalue weighted by atomic mass is 10.1. The van der Waals surface area contributed by atoms with Gasteiger partial charge in [0.25, 0.3) is 20.0 Å². The second kappa shape index (κ2) is 11.7. The van der Waals surface area contributed by atoms with E-state index < -0.39 is 32.5 Å². The van der Waals surface area contributed by atoms with Crippen LogP contribution in [0.5, 0.6) is 0 Å². The second-order valence-electron chi connectivity index (χ2n) is 9.80. The van der Waals surface area contributed by atoms with Gasteiger partial charge in [-0.2, -0.15) is 0 Å². The number of hydrogen-bond donors (Lipinski definition) is 2. The maximum Gasteiger partial charge on any atom is 0.264 e. The van der Waals surface area contributed by atoms with Gasteiger partial charge in [0.1, 0.15) is 6.54 Å². The van der Waals surface area contributed by atoms with Crippen molar-refractivity contribution in [1.29, 1.82) is 0 Å². The molecule has 0 spiro atoms. The minimum atomic E-state index is -4.06. The van der Waals surface area contributed by atoms with Crippen LogP contribution in [0.2, 0.25) is 0 Å². The van der Waals surface area contributed by atoms with Gasteiger partial charge in [-0.05, 0) is 85.0 Å². The number of hydrogen-bond acceptors (Lipinski definition) is 5. The molecule has 0 fully saturated rings. The maximum atomic E-state index is 13.6. The number of nitrogens with one attached hydrogen (secondary N) is 2. The predicted molar refractivity (Wildman–Crippen MR) is 167 cm³/mol. The van der Waals surface area contributed by atoms with Crippen LogP contribution < -0.4 is 14.3 Å². The van der Waals surface area contributed by atoms with Gasteiger partial charge in [-0.1, -0.05) is 60.7 Å². The molecule has 0 aliphatic rings. The molecule has 0 atom stereocenters. The molecule has 5 rings (SSSR count). The summed E-state index contributed by atoms with van der Waals surface area (Å²) >= 11 is 0. The van der Waals surface area contributed by atoms with Crippen molar-refractivity contribution in [3.63, 3.8) is 0 Å². The van der Waals surface area contributed by atoms with Crippen LogP contribution in [0.15, 0.2) is 125 Å². The van der Waals surface area contributed by atoms with Crippen molar-refractivity contribution >= 4 is 53.8 Å². The summed E-state index contributed by atoms with van der Waals surface area (Å²) < 4.78 is 57.1. The standard InChI is InChI=1S/C32H29N3O5S2/c1-23-15-18-27(21-24(23)2)35(42(39,40)29-11-4-3-5-12-29)22-32(36)33-26-16-19-28(20-17-26)41(37,38)34-31-14-8-10-25-9-6-7-13-30(25)31/h3-21,34H,22H2,1-2H3,(H,33,36). The van der Waals surface area contributed by atoms with Gasteiger partial charge in [-0.25, -0.2) is 16.8 Å². The van der Waals surface area contributed by atoms with Crippen LogP contribution in [0.3, 0.4) is 0 Å². The van der Waals surface area contributed by atoms with Crippen LogP contribution in [0, 0.1) is 13.8 Å². The van der Waals surface area contributed by atoms with Crippen molar-refractivity contribution in [3.05, 3.63) is 126 Å². The molecule has 5 aromatic rings. The third-order valence-electron chi connectivity index (χ3n) is 6.88. The average Bonchev–Trinajstić information content (AvgIpc) is 2.98. The highest BCUT2D eigenvalue weighted by Gasteiger charge is 2.27. The molecule has 0 bridgehead atoms. The minimum absolute atomic E-state index is 0.0110. The first-order chi connectivity index (χ1) is 20.0. The number of fused-ring (bicyclic) bond motifs is 1. The molecule has 0 aromatic heterocycles. The van der Waals surface area contributed by atoms with Gasteiger partial charge in [0, 0.05) is 11.1 Å². The summed E-state index contributed by atoms with van der Waals surface area (Å²) in [7, 11) is -7.97. The number of aryl methyl sites for hydroxylation is 2. The summed E-state index contributed by atoms with van der Waals surface area (Å²) in [6, 6.07) is 31.6. The summed E-state index contributed by atoms with van der Waals surface area (Å²) in [4.78, 5) is 13.2. The fourth-order valence-corrected chi connectivity index (χ4v) is 7.00. The highest BCUT2D eigenvalue weighted by atomic mass is 32.2. The van der Waals surface area contributed by atoms with Crippen molar-refractivity contribution in [3.8, 4) is 0 Å². The Morgan fingerprint density at radius 2 is 1.36 bits per heavy atom. The van der Waals surface area contributed by atoms with Gasteiger partial charge in [0.05, 0.1) is 21.2 Å². The van der Waals surface area contributed by atoms with Crippen LogP contribution in [0.1, 0.15) is 11.1 Å². The zero-order chi connectivity index (χ0) is 29.9. The zero-order valence-corrected chi connectivity index (χ0v) is 24.6. The fourth-order valence-electron chi connectivity index (χ4n) is 4.48. The van der Waals surface area contributed by atoms with Crippen molar-refractivity contribution in [1.82, 2.24) is 0 Å². The van der Waals surface area contributed by atoms with Gasteiger partial charge in [0.2, 0.25) is 5.91 Å². The Hall–Kier alpha value is -4.67. The van der Waals surface area contributed by atoms with Gasteiger partial charge >= 0.3 is 0 Å². The molecule has 0 aliphatic heterocycles. The lowest BCUT2D eigenvalue weighted by Crippen LogP contribution is -2.38. The van der Waals surface area contributed by atoms with E-state index in [1.54, 1.807) is 42.5 Å². The molecule has 0 radical (unpaired) electrons. The highest BCUT2D eigenvalue weighted by Crippen LogP contribution is 2.27. The Kier molecular flexibility index (Phi) is 8.02. The van der Waals surface area contributed by atoms with E-state index in [1.165, 1.54) is 36.4 Å². The number of carbonyl (C=O) groups excluding carboxylic acids is 1. The van der Waals surface area contributed by atoms with Crippen LogP contribution >= 0.6 is 0 Å². The summed E-state index contributed by atoms with van der Waals surface area (Å²) in [5.41, 5.74) is 3.01. The quantitative estimate of drug-likeness (QED) is 0.213. The molecule has 0 aliphatic carbocycles. The lowest BCUT2D eigenvalue weighted by molar-refractivity contribution is -0.114. The van der Waals surface area contributed by atoms with Crippen molar-refractivity contribution in [2.24, 2.45) is 0 Å². The SMILES string of the molecule is Cc1ccc(N(CC(=O)Nc2ccc(S(=O)(=O)Nc3cccc4ccccc34)cc2)S(=O)(=O)c2ccccc2)cc1C. The summed E-state index contributed by atoms with van der Waals surface area (Å²) in [5.74, 6) is -0.586. The Balaban J connectivity index is 1.35. The molecule has 1 amide bonds. The molecule has 0 saturated heterocycles. The topological polar surface area (TPSA) is 113 Å². The molecular weight excluding hydrogens is 571 g/mol. The largest absolute Gasteiger partial charge is 0.325 e. The molecule has 10 heteroatoms. The van der Waals surface area contributed by atoms with Gasteiger partial charge in [-0.15, -0.1) is 0 Å². The number of nitrogens with zero attached hydrogens (tertiary/aromatic N) is 1. The van der Waals surface area contributed by atoms with Crippen molar-refractivity contribution < 1.29 is 21.6 Å². The van der Waals surface area contributed by atoms with Gasteiger partial charge < -0.3 is 5.32 Å². The summed E-state index contributed by atoms with van der Waals surface area (Å²) in [6.07, 6.45) is 0. The number of benzene rings is 5. The Morgan fingerprint density at radius 3 is 2.07 bits per heavy atom. The van der Waals surface area contributed by atoms with E-state index in [0.29, 0.717) is 17.1 Å². The molecule has 0 heterocycles. The average molecular weight is 600 g/mol. The van der Waals surface area contributed by atoms with Crippen LogP contribution in [0.4, 0.5) is 17.1 Å². The Morgan fingerprint density at radius 1 is 0.690 bits per heavy atom. The van der Waals surface area contributed by atoms with E-state index in [2.05, 4.69) is 10.0 Å². The molecule has 8 nitrogen and oxygen atoms in total. The van der Waals surface area contributed by atoms with Crippen LogP contribution in [-0.2, 0) is 24.8 Å². The van der Waals surface area contributed by atoms with E-state index in [1.807, 2.05) is 50.2 Å².